The molecule has 0 fully saturated rings. The maximum absolute atomic E-state index is 8.46. The summed E-state index contributed by atoms with van der Waals surface area (Å²) < 4.78 is 0.517. The van der Waals surface area contributed by atoms with Gasteiger partial charge in [-0.2, -0.15) is 0 Å². The summed E-state index contributed by atoms with van der Waals surface area (Å²) in [4.78, 5) is 8.20. The van der Waals surface area contributed by atoms with E-state index >= 15 is 0 Å². The Hall–Kier alpha value is -1.49. The molecule has 0 bridgehead atoms. The molecule has 0 radical (unpaired) electrons. The van der Waals surface area contributed by atoms with Gasteiger partial charge in [0.25, 0.3) is 0 Å². The number of nitrogens with zero attached hydrogens (tertiary/aromatic N) is 3. The van der Waals surface area contributed by atoms with Crippen LogP contribution in [0.5, 0.6) is 0 Å². The fraction of sp³-hybridized carbons (Fsp3) is 0. The highest BCUT2D eigenvalue weighted by molar-refractivity contribution is 9.10. The highest BCUT2D eigenvalue weighted by atomic mass is 79.9. The fourth-order valence-corrected chi connectivity index (χ4v) is 1.50. The molecule has 5 heteroatoms. The van der Waals surface area contributed by atoms with Crippen LogP contribution in [0, 0.1) is 0 Å². The maximum Gasteiger partial charge on any atom is 0.197 e. The predicted octanol–water partition coefficient (Wildman–Crippen LogP) is 2.20. The van der Waals surface area contributed by atoms with Gasteiger partial charge in [-0.25, -0.2) is 9.97 Å². The van der Waals surface area contributed by atoms with E-state index in [1.807, 2.05) is 18.2 Å². The lowest BCUT2D eigenvalue weighted by atomic mass is 10.1. The Balaban J connectivity index is 2.77. The molecule has 70 valence electrons. The normalized spacial score (nSPS) is 11.2. The van der Waals surface area contributed by atoms with Crippen LogP contribution < -0.4 is 0 Å². The lowest BCUT2D eigenvalue weighted by Crippen LogP contribution is -1.90. The summed E-state index contributed by atoms with van der Waals surface area (Å²) in [5.74, 6) is 0. The first-order valence-electron chi connectivity index (χ1n) is 3.90. The van der Waals surface area contributed by atoms with Crippen LogP contribution in [0.1, 0.15) is 5.56 Å². The van der Waals surface area contributed by atoms with Crippen LogP contribution in [0.2, 0.25) is 0 Å². The summed E-state index contributed by atoms with van der Waals surface area (Å²) in [6.07, 6.45) is 3.06. The van der Waals surface area contributed by atoms with Crippen molar-refractivity contribution in [3.8, 4) is 0 Å². The Morgan fingerprint density at radius 1 is 1.43 bits per heavy atom. The maximum atomic E-state index is 8.46. The van der Waals surface area contributed by atoms with Crippen LogP contribution >= 0.6 is 15.9 Å². The Labute approximate surface area is 88.4 Å². The second kappa shape index (κ2) is 3.71. The van der Waals surface area contributed by atoms with Gasteiger partial charge in [0.05, 0.1) is 11.7 Å². The van der Waals surface area contributed by atoms with E-state index in [4.69, 9.17) is 5.21 Å². The Kier molecular flexibility index (Phi) is 2.41. The minimum atomic E-state index is 0.517. The smallest absolute Gasteiger partial charge is 0.197 e. The summed E-state index contributed by atoms with van der Waals surface area (Å²) in [6.45, 7) is 0. The highest BCUT2D eigenvalue weighted by Gasteiger charge is 2.01. The first-order valence-corrected chi connectivity index (χ1v) is 4.69. The molecule has 1 aromatic heterocycles. The van der Waals surface area contributed by atoms with Crippen molar-refractivity contribution >= 4 is 33.0 Å². The number of hydrogen-bond donors (Lipinski definition) is 1. The van der Waals surface area contributed by atoms with Crippen molar-refractivity contribution in [3.63, 3.8) is 0 Å². The van der Waals surface area contributed by atoms with Crippen molar-refractivity contribution in [2.24, 2.45) is 5.16 Å². The molecule has 0 aliphatic heterocycles. The van der Waals surface area contributed by atoms with E-state index in [1.54, 1.807) is 6.20 Å². The van der Waals surface area contributed by atoms with Crippen LogP contribution in [0.25, 0.3) is 10.9 Å². The Morgan fingerprint density at radius 2 is 2.29 bits per heavy atom. The number of hydrogen-bond acceptors (Lipinski definition) is 4. The first-order chi connectivity index (χ1) is 6.81. The molecule has 0 saturated heterocycles. The molecule has 0 saturated carbocycles. The molecule has 0 amide bonds. The fourth-order valence-electron chi connectivity index (χ4n) is 1.22. The second-order valence-corrected chi connectivity index (χ2v) is 3.38. The van der Waals surface area contributed by atoms with Gasteiger partial charge in [0, 0.05) is 17.1 Å². The van der Waals surface area contributed by atoms with E-state index < -0.39 is 0 Å². The van der Waals surface area contributed by atoms with Crippen LogP contribution in [0.4, 0.5) is 0 Å². The van der Waals surface area contributed by atoms with Crippen molar-refractivity contribution in [2.75, 3.05) is 0 Å². The van der Waals surface area contributed by atoms with E-state index in [1.165, 1.54) is 6.21 Å². The van der Waals surface area contributed by atoms with Crippen LogP contribution in [0.3, 0.4) is 0 Å². The summed E-state index contributed by atoms with van der Waals surface area (Å²) in [6, 6.07) is 5.58. The van der Waals surface area contributed by atoms with Gasteiger partial charge in [0.1, 0.15) is 0 Å². The lowest BCUT2D eigenvalue weighted by Gasteiger charge is -1.99. The van der Waals surface area contributed by atoms with Crippen molar-refractivity contribution in [3.05, 3.63) is 34.7 Å². The van der Waals surface area contributed by atoms with Crippen molar-refractivity contribution in [1.82, 2.24) is 9.97 Å². The minimum Gasteiger partial charge on any atom is -0.411 e. The number of rotatable bonds is 1. The molecular formula is C9H6BrN3O. The minimum absolute atomic E-state index is 0.517. The lowest BCUT2D eigenvalue weighted by molar-refractivity contribution is 0.322. The van der Waals surface area contributed by atoms with Crippen LogP contribution in [0.15, 0.2) is 34.3 Å². The van der Waals surface area contributed by atoms with E-state index in [9.17, 15) is 0 Å². The molecule has 14 heavy (non-hydrogen) atoms. The van der Waals surface area contributed by atoms with E-state index in [-0.39, 0.29) is 0 Å². The molecular weight excluding hydrogens is 246 g/mol. The molecule has 2 rings (SSSR count). The van der Waals surface area contributed by atoms with E-state index in [2.05, 4.69) is 31.1 Å². The quantitative estimate of drug-likeness (QED) is 0.366. The number of fused-ring (bicyclic) bond motifs is 1. The zero-order valence-corrected chi connectivity index (χ0v) is 8.64. The molecule has 1 N–H and O–H groups in total. The Bertz CT molecular complexity index is 498. The molecule has 4 nitrogen and oxygen atoms in total. The van der Waals surface area contributed by atoms with Crippen molar-refractivity contribution in [2.45, 2.75) is 0 Å². The van der Waals surface area contributed by atoms with Gasteiger partial charge >= 0.3 is 0 Å². The molecule has 2 aromatic rings. The van der Waals surface area contributed by atoms with Gasteiger partial charge in [0.2, 0.25) is 0 Å². The third-order valence-corrected chi connectivity index (χ3v) is 2.19. The van der Waals surface area contributed by atoms with Gasteiger partial charge in [-0.3, -0.25) is 0 Å². The number of benzene rings is 1. The van der Waals surface area contributed by atoms with E-state index in [0.717, 1.165) is 16.5 Å². The van der Waals surface area contributed by atoms with Crippen molar-refractivity contribution < 1.29 is 5.21 Å². The van der Waals surface area contributed by atoms with Gasteiger partial charge < -0.3 is 5.21 Å². The zero-order chi connectivity index (χ0) is 9.97. The number of para-hydroxylation sites is 1. The molecule has 0 unspecified atom stereocenters. The van der Waals surface area contributed by atoms with E-state index in [0.29, 0.717) is 4.73 Å². The van der Waals surface area contributed by atoms with Gasteiger partial charge in [-0.05, 0) is 15.9 Å². The molecule has 0 spiro atoms. The summed E-state index contributed by atoms with van der Waals surface area (Å²) in [5, 5.41) is 12.4. The largest absolute Gasteiger partial charge is 0.411 e. The average Bonchev–Trinajstić information content (AvgIpc) is 2.19. The first kappa shape index (κ1) is 9.08. The molecule has 1 heterocycles. The highest BCUT2D eigenvalue weighted by Crippen LogP contribution is 2.16. The average molecular weight is 252 g/mol. The number of halogens is 1. The summed E-state index contributed by atoms with van der Waals surface area (Å²) in [7, 11) is 0. The molecule has 0 aliphatic rings. The second-order valence-electron chi connectivity index (χ2n) is 2.67. The molecule has 1 aromatic carbocycles. The van der Waals surface area contributed by atoms with Crippen LogP contribution in [-0.4, -0.2) is 21.4 Å². The van der Waals surface area contributed by atoms with Gasteiger partial charge in [-0.1, -0.05) is 23.4 Å². The third kappa shape index (κ3) is 1.58. The third-order valence-electron chi connectivity index (χ3n) is 1.81. The standard InChI is InChI=1S/C9H6BrN3O/c10-9-11-4-6-2-1-3-7(5-12-14)8(6)13-9/h1-5,14H. The van der Waals surface area contributed by atoms with Gasteiger partial charge in [0.15, 0.2) is 4.73 Å². The monoisotopic (exact) mass is 251 g/mol. The van der Waals surface area contributed by atoms with Crippen molar-refractivity contribution in [1.29, 1.82) is 0 Å². The number of oxime groups is 1. The molecule has 0 aliphatic carbocycles. The molecule has 0 atom stereocenters. The summed E-state index contributed by atoms with van der Waals surface area (Å²) >= 11 is 3.19. The number of aromatic nitrogens is 2. The zero-order valence-electron chi connectivity index (χ0n) is 7.05. The summed E-state index contributed by atoms with van der Waals surface area (Å²) in [5.41, 5.74) is 1.51. The predicted molar refractivity (Wildman–Crippen MR) is 56.6 cm³/mol. The van der Waals surface area contributed by atoms with Crippen LogP contribution in [-0.2, 0) is 0 Å². The Morgan fingerprint density at radius 3 is 3.07 bits per heavy atom. The topological polar surface area (TPSA) is 58.4 Å². The van der Waals surface area contributed by atoms with Gasteiger partial charge in [-0.15, -0.1) is 0 Å². The SMILES string of the molecule is ON=Cc1cccc2cnc(Br)nc12.